The first-order valence-corrected chi connectivity index (χ1v) is 7.72. The highest BCUT2D eigenvalue weighted by atomic mass is 16.5. The van der Waals surface area contributed by atoms with Gasteiger partial charge in [-0.05, 0) is 42.0 Å². The van der Waals surface area contributed by atoms with Gasteiger partial charge in [0.2, 0.25) is 0 Å². The molecule has 3 rings (SSSR count). The number of rotatable bonds is 8. The molecular weight excluding hydrogens is 320 g/mol. The van der Waals surface area contributed by atoms with E-state index in [0.717, 1.165) is 22.8 Å². The summed E-state index contributed by atoms with van der Waals surface area (Å²) in [6.45, 7) is 0.898. The highest BCUT2D eigenvalue weighted by Crippen LogP contribution is 2.18. The third-order valence-electron chi connectivity index (χ3n) is 3.29. The molecule has 0 saturated carbocycles. The zero-order valence-electron chi connectivity index (χ0n) is 13.8. The van der Waals surface area contributed by atoms with Crippen LogP contribution in [0.4, 0.5) is 0 Å². The van der Waals surface area contributed by atoms with Crippen LogP contribution in [0.25, 0.3) is 0 Å². The van der Waals surface area contributed by atoms with Crippen LogP contribution in [0, 0.1) is 0 Å². The van der Waals surface area contributed by atoms with Crippen molar-refractivity contribution in [2.45, 2.75) is 0 Å². The van der Waals surface area contributed by atoms with E-state index in [2.05, 4.69) is 15.3 Å². The molecule has 2 aromatic carbocycles. The first-order chi connectivity index (χ1) is 12.3. The van der Waals surface area contributed by atoms with Gasteiger partial charge >= 0.3 is 0 Å². The van der Waals surface area contributed by atoms with Crippen molar-refractivity contribution in [1.29, 1.82) is 0 Å². The molecule has 0 aliphatic heterocycles. The summed E-state index contributed by atoms with van der Waals surface area (Å²) in [4.78, 5) is 0. The van der Waals surface area contributed by atoms with E-state index in [0.29, 0.717) is 13.2 Å². The van der Waals surface area contributed by atoms with Crippen molar-refractivity contribution in [3.8, 4) is 17.2 Å². The Morgan fingerprint density at radius 1 is 0.920 bits per heavy atom. The normalized spacial score (nSPS) is 10.8. The van der Waals surface area contributed by atoms with Gasteiger partial charge < -0.3 is 14.2 Å². The van der Waals surface area contributed by atoms with Gasteiger partial charge in [0.25, 0.3) is 0 Å². The monoisotopic (exact) mass is 338 g/mol. The van der Waals surface area contributed by atoms with Gasteiger partial charge in [0.15, 0.2) is 0 Å². The summed E-state index contributed by atoms with van der Waals surface area (Å²) in [6.07, 6.45) is 4.77. The summed E-state index contributed by atoms with van der Waals surface area (Å²) in [6, 6.07) is 15.1. The summed E-state index contributed by atoms with van der Waals surface area (Å²) >= 11 is 0. The van der Waals surface area contributed by atoms with Crippen LogP contribution in [-0.4, -0.2) is 41.4 Å². The lowest BCUT2D eigenvalue weighted by molar-refractivity contribution is 0.216. The van der Waals surface area contributed by atoms with Gasteiger partial charge in [-0.3, -0.25) is 0 Å². The van der Waals surface area contributed by atoms with Gasteiger partial charge in [-0.15, -0.1) is 10.2 Å². The second-order valence-corrected chi connectivity index (χ2v) is 5.03. The molecule has 0 atom stereocenters. The fourth-order valence-corrected chi connectivity index (χ4v) is 2.05. The molecule has 0 bridgehead atoms. The summed E-state index contributed by atoms with van der Waals surface area (Å²) in [5.41, 5.74) is 0.952. The number of nitrogens with zero attached hydrogens (tertiary/aromatic N) is 4. The van der Waals surface area contributed by atoms with Crippen molar-refractivity contribution < 1.29 is 14.2 Å². The molecule has 0 spiro atoms. The molecule has 0 amide bonds. The smallest absolute Gasteiger partial charge is 0.141 e. The molecule has 7 heteroatoms. The third-order valence-corrected chi connectivity index (χ3v) is 3.29. The van der Waals surface area contributed by atoms with Crippen molar-refractivity contribution in [2.75, 3.05) is 20.3 Å². The molecule has 0 aliphatic rings. The van der Waals surface area contributed by atoms with Crippen molar-refractivity contribution in [3.63, 3.8) is 0 Å². The zero-order chi connectivity index (χ0) is 17.3. The highest BCUT2D eigenvalue weighted by molar-refractivity contribution is 5.79. The Kier molecular flexibility index (Phi) is 5.60. The Morgan fingerprint density at radius 3 is 2.32 bits per heavy atom. The topological polar surface area (TPSA) is 70.8 Å². The lowest BCUT2D eigenvalue weighted by atomic mass is 10.2. The minimum Gasteiger partial charge on any atom is -0.497 e. The quantitative estimate of drug-likeness (QED) is 0.466. The van der Waals surface area contributed by atoms with Crippen LogP contribution in [0.3, 0.4) is 0 Å². The average molecular weight is 338 g/mol. The van der Waals surface area contributed by atoms with E-state index in [-0.39, 0.29) is 0 Å². The van der Waals surface area contributed by atoms with Gasteiger partial charge in [-0.2, -0.15) is 5.10 Å². The van der Waals surface area contributed by atoms with Crippen LogP contribution in [0.2, 0.25) is 0 Å². The van der Waals surface area contributed by atoms with E-state index in [9.17, 15) is 0 Å². The maximum atomic E-state index is 5.66. The van der Waals surface area contributed by atoms with E-state index < -0.39 is 0 Å². The number of benzene rings is 2. The number of aromatic nitrogens is 3. The minimum atomic E-state index is 0.448. The lowest BCUT2D eigenvalue weighted by Crippen LogP contribution is -2.09. The third kappa shape index (κ3) is 5.07. The first-order valence-electron chi connectivity index (χ1n) is 7.72. The van der Waals surface area contributed by atoms with Crippen LogP contribution in [0.5, 0.6) is 17.2 Å². The largest absolute Gasteiger partial charge is 0.497 e. The van der Waals surface area contributed by atoms with Gasteiger partial charge in [0.1, 0.15) is 43.1 Å². The summed E-state index contributed by atoms with van der Waals surface area (Å²) in [7, 11) is 1.63. The van der Waals surface area contributed by atoms with E-state index in [1.54, 1.807) is 13.3 Å². The molecule has 128 valence electrons. The summed E-state index contributed by atoms with van der Waals surface area (Å²) < 4.78 is 18.0. The molecule has 1 aromatic heterocycles. The molecule has 25 heavy (non-hydrogen) atoms. The Morgan fingerprint density at radius 2 is 1.60 bits per heavy atom. The Labute approximate surface area is 145 Å². The highest BCUT2D eigenvalue weighted by Gasteiger charge is 1.98. The minimum absolute atomic E-state index is 0.448. The number of ether oxygens (including phenoxy) is 3. The molecule has 1 heterocycles. The van der Waals surface area contributed by atoms with Gasteiger partial charge in [0, 0.05) is 6.07 Å². The molecule has 0 N–H and O–H groups in total. The van der Waals surface area contributed by atoms with Crippen LogP contribution in [0.15, 0.2) is 66.3 Å². The second kappa shape index (κ2) is 8.49. The average Bonchev–Trinajstić information content (AvgIpc) is 3.18. The maximum absolute atomic E-state index is 5.66. The van der Waals surface area contributed by atoms with Crippen LogP contribution < -0.4 is 14.2 Å². The van der Waals surface area contributed by atoms with Crippen LogP contribution >= 0.6 is 0 Å². The van der Waals surface area contributed by atoms with Gasteiger partial charge in [-0.1, -0.05) is 6.07 Å². The predicted molar refractivity (Wildman–Crippen MR) is 93.4 cm³/mol. The summed E-state index contributed by atoms with van der Waals surface area (Å²) in [5.74, 6) is 2.29. The zero-order valence-corrected chi connectivity index (χ0v) is 13.8. The van der Waals surface area contributed by atoms with Crippen molar-refractivity contribution in [3.05, 3.63) is 66.7 Å². The molecule has 0 fully saturated rings. The molecule has 7 nitrogen and oxygen atoms in total. The second-order valence-electron chi connectivity index (χ2n) is 5.03. The first kappa shape index (κ1) is 16.5. The van der Waals surface area contributed by atoms with Crippen molar-refractivity contribution >= 4 is 6.21 Å². The molecular formula is C18H18N4O3. The molecule has 0 saturated heterocycles. The number of hydrogen-bond donors (Lipinski definition) is 0. The lowest BCUT2D eigenvalue weighted by Gasteiger charge is -2.09. The Balaban J connectivity index is 1.44. The van der Waals surface area contributed by atoms with Crippen LogP contribution in [-0.2, 0) is 0 Å². The fourth-order valence-electron chi connectivity index (χ4n) is 2.05. The number of methoxy groups -OCH3 is 1. The predicted octanol–water partition coefficient (Wildman–Crippen LogP) is 2.63. The van der Waals surface area contributed by atoms with Crippen molar-refractivity contribution in [1.82, 2.24) is 14.9 Å². The molecule has 0 radical (unpaired) electrons. The fraction of sp³-hybridized carbons (Fsp3) is 0.167. The van der Waals surface area contributed by atoms with Gasteiger partial charge in [-0.25, -0.2) is 4.68 Å². The van der Waals surface area contributed by atoms with E-state index in [4.69, 9.17) is 14.2 Å². The Hall–Kier alpha value is -3.35. The maximum Gasteiger partial charge on any atom is 0.141 e. The standard InChI is InChI=1S/C18H18N4O3/c1-23-17-3-2-4-18(11-17)25-10-9-24-16-7-5-15(6-8-16)12-21-22-13-19-20-14-22/h2-8,11-14H,9-10H2,1H3/b21-12-. The van der Waals surface area contributed by atoms with Crippen LogP contribution in [0.1, 0.15) is 5.56 Å². The van der Waals surface area contributed by atoms with E-state index >= 15 is 0 Å². The molecule has 3 aromatic rings. The Bertz CT molecular complexity index is 801. The van der Waals surface area contributed by atoms with Crippen molar-refractivity contribution in [2.24, 2.45) is 5.10 Å². The number of hydrogen-bond acceptors (Lipinski definition) is 6. The summed E-state index contributed by atoms with van der Waals surface area (Å²) in [5, 5.41) is 11.5. The van der Waals surface area contributed by atoms with E-state index in [1.807, 2.05) is 48.5 Å². The SMILES string of the molecule is COc1cccc(OCCOc2ccc(/C=N\n3cnnc3)cc2)c1. The van der Waals surface area contributed by atoms with Gasteiger partial charge in [0.05, 0.1) is 13.3 Å². The molecule has 0 aliphatic carbocycles. The van der Waals surface area contributed by atoms with E-state index in [1.165, 1.54) is 17.3 Å². The molecule has 0 unspecified atom stereocenters.